The van der Waals surface area contributed by atoms with Crippen LogP contribution in [0.25, 0.3) is 21.8 Å². The molecule has 1 aromatic carbocycles. The Morgan fingerprint density at radius 2 is 2.00 bits per heavy atom. The number of hydrogen-bond acceptors (Lipinski definition) is 3. The molecule has 0 atom stereocenters. The number of rotatable bonds is 1. The van der Waals surface area contributed by atoms with Crippen LogP contribution in [0, 0.1) is 0 Å². The molecule has 0 amide bonds. The number of fused-ring (bicyclic) bond motifs is 3. The van der Waals surface area contributed by atoms with E-state index in [4.69, 9.17) is 0 Å². The van der Waals surface area contributed by atoms with Gasteiger partial charge in [0.1, 0.15) is 0 Å². The van der Waals surface area contributed by atoms with E-state index in [1.165, 1.54) is 5.56 Å². The monoisotopic (exact) mass is 280 g/mol. The molecule has 0 radical (unpaired) electrons. The fraction of sp³-hybridized carbons (Fsp3) is 0.125. The number of hydrogen-bond donors (Lipinski definition) is 1. The van der Waals surface area contributed by atoms with Crippen LogP contribution >= 0.6 is 11.3 Å². The number of aryl methyl sites for hydroxylation is 1. The number of aromatic nitrogens is 2. The summed E-state index contributed by atoms with van der Waals surface area (Å²) < 4.78 is 0. The van der Waals surface area contributed by atoms with Crippen molar-refractivity contribution in [1.82, 2.24) is 9.97 Å². The second-order valence-electron chi connectivity index (χ2n) is 4.88. The van der Waals surface area contributed by atoms with Gasteiger partial charge in [0.25, 0.3) is 0 Å². The highest BCUT2D eigenvalue weighted by atomic mass is 32.1. The van der Waals surface area contributed by atoms with Crippen molar-refractivity contribution in [3.63, 3.8) is 0 Å². The first-order chi connectivity index (χ1) is 9.83. The summed E-state index contributed by atoms with van der Waals surface area (Å²) in [6.45, 7) is 0. The maximum absolute atomic E-state index is 11.9. The van der Waals surface area contributed by atoms with E-state index < -0.39 is 0 Å². The average molecular weight is 280 g/mol. The maximum atomic E-state index is 11.9. The molecule has 0 unspecified atom stereocenters. The molecule has 2 aromatic heterocycles. The summed E-state index contributed by atoms with van der Waals surface area (Å²) in [5.41, 5.74) is 5.03. The smallest absolute Gasteiger partial charge is 0.304 e. The molecule has 1 aliphatic carbocycles. The number of H-pyrrole nitrogens is 1. The van der Waals surface area contributed by atoms with Crippen LogP contribution in [0.4, 0.5) is 0 Å². The second kappa shape index (κ2) is 4.42. The molecule has 98 valence electrons. The van der Waals surface area contributed by atoms with Crippen LogP contribution in [0.1, 0.15) is 11.1 Å². The molecule has 0 bridgehead atoms. The number of aromatic amines is 1. The van der Waals surface area contributed by atoms with Crippen molar-refractivity contribution in [2.75, 3.05) is 0 Å². The van der Waals surface area contributed by atoms with Crippen LogP contribution in [-0.2, 0) is 12.8 Å². The molecule has 3 nitrogen and oxygen atoms in total. The quantitative estimate of drug-likeness (QED) is 0.743. The van der Waals surface area contributed by atoms with Gasteiger partial charge >= 0.3 is 5.69 Å². The molecular weight excluding hydrogens is 268 g/mol. The van der Waals surface area contributed by atoms with E-state index in [0.29, 0.717) is 0 Å². The zero-order chi connectivity index (χ0) is 13.5. The van der Waals surface area contributed by atoms with Crippen molar-refractivity contribution >= 4 is 11.3 Å². The average Bonchev–Trinajstić information content (AvgIpc) is 3.00. The van der Waals surface area contributed by atoms with Crippen molar-refractivity contribution < 1.29 is 0 Å². The van der Waals surface area contributed by atoms with E-state index in [2.05, 4.69) is 22.1 Å². The molecule has 1 N–H and O–H groups in total. The first-order valence-electron chi connectivity index (χ1n) is 6.58. The van der Waals surface area contributed by atoms with E-state index in [9.17, 15) is 4.79 Å². The summed E-state index contributed by atoms with van der Waals surface area (Å²) in [5, 5.41) is 2.03. The van der Waals surface area contributed by atoms with Crippen molar-refractivity contribution in [3.8, 4) is 21.8 Å². The third kappa shape index (κ3) is 1.72. The minimum Gasteiger partial charge on any atom is -0.304 e. The maximum Gasteiger partial charge on any atom is 0.346 e. The van der Waals surface area contributed by atoms with Crippen LogP contribution in [0.15, 0.2) is 46.6 Å². The number of nitrogens with zero attached hydrogens (tertiary/aromatic N) is 1. The molecule has 0 spiro atoms. The first kappa shape index (κ1) is 11.6. The molecule has 2 heterocycles. The Labute approximate surface area is 120 Å². The van der Waals surface area contributed by atoms with Gasteiger partial charge in [-0.05, 0) is 29.9 Å². The Hall–Kier alpha value is -2.20. The van der Waals surface area contributed by atoms with Crippen LogP contribution in [0.2, 0.25) is 0 Å². The van der Waals surface area contributed by atoms with Crippen molar-refractivity contribution in [2.45, 2.75) is 12.8 Å². The van der Waals surface area contributed by atoms with Gasteiger partial charge in [0.05, 0.1) is 16.3 Å². The van der Waals surface area contributed by atoms with Crippen molar-refractivity contribution in [2.24, 2.45) is 0 Å². The first-order valence-corrected chi connectivity index (χ1v) is 7.46. The van der Waals surface area contributed by atoms with Gasteiger partial charge < -0.3 is 4.98 Å². The van der Waals surface area contributed by atoms with E-state index in [0.717, 1.165) is 40.2 Å². The molecule has 1 aliphatic rings. The fourth-order valence-electron chi connectivity index (χ4n) is 2.82. The molecule has 20 heavy (non-hydrogen) atoms. The summed E-state index contributed by atoms with van der Waals surface area (Å²) in [4.78, 5) is 20.1. The van der Waals surface area contributed by atoms with E-state index in [-0.39, 0.29) is 5.69 Å². The highest BCUT2D eigenvalue weighted by Crippen LogP contribution is 2.36. The summed E-state index contributed by atoms with van der Waals surface area (Å²) in [5.74, 6) is 0. The van der Waals surface area contributed by atoms with Gasteiger partial charge in [0.15, 0.2) is 0 Å². The minimum atomic E-state index is -0.274. The highest BCUT2D eigenvalue weighted by Gasteiger charge is 2.21. The van der Waals surface area contributed by atoms with E-state index >= 15 is 0 Å². The predicted molar refractivity (Wildman–Crippen MR) is 81.0 cm³/mol. The molecule has 4 heteroatoms. The van der Waals surface area contributed by atoms with Gasteiger partial charge in [-0.2, -0.15) is 4.98 Å². The third-order valence-corrected chi connectivity index (χ3v) is 4.60. The summed E-state index contributed by atoms with van der Waals surface area (Å²) in [6.07, 6.45) is 1.92. The van der Waals surface area contributed by atoms with Crippen molar-refractivity contribution in [3.05, 3.63) is 63.4 Å². The number of thiophene rings is 1. The molecule has 0 saturated heterocycles. The zero-order valence-corrected chi connectivity index (χ0v) is 11.5. The van der Waals surface area contributed by atoms with Gasteiger partial charge in [0, 0.05) is 11.1 Å². The lowest BCUT2D eigenvalue weighted by atomic mass is 9.88. The molecular formula is C16H12N2OS. The standard InChI is InChI=1S/C16H12N2OS/c19-16-17-14-11-5-2-1-4-10(11)7-8-12(14)15(18-16)13-6-3-9-20-13/h1-6,9H,7-8H2,(H,17,18,19). The van der Waals surface area contributed by atoms with E-state index in [1.54, 1.807) is 11.3 Å². The minimum absolute atomic E-state index is 0.274. The van der Waals surface area contributed by atoms with Gasteiger partial charge in [-0.1, -0.05) is 30.3 Å². The Bertz CT molecular complexity index is 834. The Balaban J connectivity index is 2.04. The normalized spacial score (nSPS) is 12.8. The lowest BCUT2D eigenvalue weighted by molar-refractivity contribution is 0.903. The molecule has 4 rings (SSSR count). The molecule has 0 saturated carbocycles. The lowest BCUT2D eigenvalue weighted by Gasteiger charge is -2.20. The van der Waals surface area contributed by atoms with Crippen LogP contribution in [0.3, 0.4) is 0 Å². The van der Waals surface area contributed by atoms with Gasteiger partial charge in [-0.15, -0.1) is 11.3 Å². The second-order valence-corrected chi connectivity index (χ2v) is 5.83. The highest BCUT2D eigenvalue weighted by molar-refractivity contribution is 7.13. The summed E-state index contributed by atoms with van der Waals surface area (Å²) >= 11 is 1.64. The van der Waals surface area contributed by atoms with E-state index in [1.807, 2.05) is 29.6 Å². The number of nitrogens with one attached hydrogen (secondary N) is 1. The summed E-state index contributed by atoms with van der Waals surface area (Å²) in [6, 6.07) is 12.3. The Kier molecular flexibility index (Phi) is 2.57. The largest absolute Gasteiger partial charge is 0.346 e. The van der Waals surface area contributed by atoms with Gasteiger partial charge in [0.2, 0.25) is 0 Å². The van der Waals surface area contributed by atoms with Crippen LogP contribution < -0.4 is 5.69 Å². The molecule has 3 aromatic rings. The predicted octanol–water partition coefficient (Wildman–Crippen LogP) is 3.26. The Morgan fingerprint density at radius 1 is 1.10 bits per heavy atom. The fourth-order valence-corrected chi connectivity index (χ4v) is 3.58. The summed E-state index contributed by atoms with van der Waals surface area (Å²) in [7, 11) is 0. The molecule has 0 fully saturated rings. The SMILES string of the molecule is O=c1nc2c(c(-c3cccs3)[nH]1)CCc1ccccc1-2. The van der Waals surface area contributed by atoms with Crippen LogP contribution in [0.5, 0.6) is 0 Å². The van der Waals surface area contributed by atoms with Gasteiger partial charge in [-0.3, -0.25) is 0 Å². The topological polar surface area (TPSA) is 45.8 Å². The zero-order valence-electron chi connectivity index (χ0n) is 10.7. The lowest BCUT2D eigenvalue weighted by Crippen LogP contribution is -2.18. The van der Waals surface area contributed by atoms with Crippen LogP contribution in [-0.4, -0.2) is 9.97 Å². The Morgan fingerprint density at radius 3 is 2.85 bits per heavy atom. The van der Waals surface area contributed by atoms with Crippen molar-refractivity contribution in [1.29, 1.82) is 0 Å². The molecule has 0 aliphatic heterocycles. The third-order valence-electron chi connectivity index (χ3n) is 3.72. The number of benzene rings is 1. The van der Waals surface area contributed by atoms with Gasteiger partial charge in [-0.25, -0.2) is 4.79 Å².